The molecule has 0 N–H and O–H groups in total. The van der Waals surface area contributed by atoms with Gasteiger partial charge in [-0.1, -0.05) is 48.6 Å². The van der Waals surface area contributed by atoms with Crippen LogP contribution in [-0.4, -0.2) is 11.9 Å². The molecule has 1 heterocycles. The summed E-state index contributed by atoms with van der Waals surface area (Å²) in [7, 11) is 0. The summed E-state index contributed by atoms with van der Waals surface area (Å²) in [5, 5.41) is 0. The molecule has 2 aliphatic carbocycles. The van der Waals surface area contributed by atoms with E-state index in [9.17, 15) is 9.59 Å². The Morgan fingerprint density at radius 3 is 2.47 bits per heavy atom. The van der Waals surface area contributed by atoms with Crippen LogP contribution in [0.4, 0.5) is 0 Å². The lowest BCUT2D eigenvalue weighted by atomic mass is 9.88. The lowest BCUT2D eigenvalue weighted by Crippen LogP contribution is -2.15. The van der Waals surface area contributed by atoms with Crippen molar-refractivity contribution >= 4 is 17.5 Å². The molecule has 0 bridgehead atoms. The van der Waals surface area contributed by atoms with Gasteiger partial charge in [-0.15, -0.1) is 0 Å². The Morgan fingerprint density at radius 2 is 1.68 bits per heavy atom. The normalized spacial score (nSPS) is 27.5. The van der Waals surface area contributed by atoms with Crippen LogP contribution in [0.5, 0.6) is 0 Å². The summed E-state index contributed by atoms with van der Waals surface area (Å²) in [5.74, 6) is -1.77. The van der Waals surface area contributed by atoms with Crippen molar-refractivity contribution in [3.05, 3.63) is 65.3 Å². The summed E-state index contributed by atoms with van der Waals surface area (Å²) < 4.78 is 4.81. The van der Waals surface area contributed by atoms with E-state index in [0.717, 1.165) is 22.3 Å². The summed E-state index contributed by atoms with van der Waals surface area (Å²) in [6.07, 6.45) is 5.79. The number of rotatable bonds is 1. The summed E-state index contributed by atoms with van der Waals surface area (Å²) in [4.78, 5) is 23.8. The number of fused-ring (bicyclic) bond motifs is 3. The molecule has 0 amide bonds. The fourth-order valence-corrected chi connectivity index (χ4v) is 3.16. The Kier molecular flexibility index (Phi) is 1.96. The second kappa shape index (κ2) is 3.54. The van der Waals surface area contributed by atoms with E-state index < -0.39 is 23.8 Å². The van der Waals surface area contributed by atoms with E-state index in [-0.39, 0.29) is 0 Å². The van der Waals surface area contributed by atoms with Gasteiger partial charge in [-0.3, -0.25) is 9.59 Å². The monoisotopic (exact) mass is 250 g/mol. The van der Waals surface area contributed by atoms with Gasteiger partial charge in [0.2, 0.25) is 0 Å². The molecule has 3 heteroatoms. The van der Waals surface area contributed by atoms with E-state index in [2.05, 4.69) is 0 Å². The van der Waals surface area contributed by atoms with Gasteiger partial charge in [-0.05, 0) is 22.3 Å². The first kappa shape index (κ1) is 10.5. The van der Waals surface area contributed by atoms with Crippen LogP contribution in [0.15, 0.2) is 59.7 Å². The van der Waals surface area contributed by atoms with Crippen molar-refractivity contribution in [1.82, 2.24) is 0 Å². The zero-order valence-corrected chi connectivity index (χ0v) is 10.00. The third-order valence-electron chi connectivity index (χ3n) is 3.91. The predicted molar refractivity (Wildman–Crippen MR) is 68.7 cm³/mol. The smallest absolute Gasteiger partial charge is 0.322 e. The summed E-state index contributed by atoms with van der Waals surface area (Å²) in [5.41, 5.74) is 3.82. The molecule has 2 atom stereocenters. The lowest BCUT2D eigenvalue weighted by Gasteiger charge is -2.09. The van der Waals surface area contributed by atoms with E-state index in [4.69, 9.17) is 4.74 Å². The molecule has 92 valence electrons. The average Bonchev–Trinajstić information content (AvgIpc) is 3.04. The van der Waals surface area contributed by atoms with Gasteiger partial charge in [0.15, 0.2) is 0 Å². The standard InChI is InChI=1S/C16H10O3/c17-15-13-11-8-4-7-10(11)12(14(13)16(18)19-15)9-5-2-1-3-6-9/h1-8,13-14H/t13-,14+/m0/s1. The van der Waals surface area contributed by atoms with Gasteiger partial charge in [0.05, 0.1) is 0 Å². The molecule has 1 aliphatic heterocycles. The minimum Gasteiger partial charge on any atom is -0.392 e. The van der Waals surface area contributed by atoms with Gasteiger partial charge in [-0.2, -0.15) is 0 Å². The Balaban J connectivity index is 1.96. The van der Waals surface area contributed by atoms with E-state index >= 15 is 0 Å². The number of ether oxygens (including phenoxy) is 1. The van der Waals surface area contributed by atoms with Crippen LogP contribution in [0.25, 0.3) is 5.57 Å². The highest BCUT2D eigenvalue weighted by molar-refractivity contribution is 6.10. The maximum atomic E-state index is 12.0. The summed E-state index contributed by atoms with van der Waals surface area (Å²) in [6, 6.07) is 9.72. The van der Waals surface area contributed by atoms with Crippen molar-refractivity contribution in [2.75, 3.05) is 0 Å². The number of esters is 2. The van der Waals surface area contributed by atoms with Crippen molar-refractivity contribution in [2.45, 2.75) is 0 Å². The molecule has 3 aliphatic rings. The summed E-state index contributed by atoms with van der Waals surface area (Å²) in [6.45, 7) is 0. The maximum absolute atomic E-state index is 12.0. The molecule has 19 heavy (non-hydrogen) atoms. The van der Waals surface area contributed by atoms with Gasteiger partial charge < -0.3 is 4.74 Å². The van der Waals surface area contributed by atoms with Gasteiger partial charge in [0.1, 0.15) is 11.8 Å². The molecule has 1 fully saturated rings. The number of carbonyl (C=O) groups is 2. The van der Waals surface area contributed by atoms with Gasteiger partial charge in [0.25, 0.3) is 0 Å². The number of hydrogen-bond donors (Lipinski definition) is 0. The number of allylic oxidation sites excluding steroid dienone is 4. The largest absolute Gasteiger partial charge is 0.392 e. The molecule has 4 rings (SSSR count). The number of cyclic esters (lactones) is 2. The highest BCUT2D eigenvalue weighted by Crippen LogP contribution is 2.52. The third-order valence-corrected chi connectivity index (χ3v) is 3.91. The van der Waals surface area contributed by atoms with E-state index in [1.165, 1.54) is 0 Å². The highest BCUT2D eigenvalue weighted by Gasteiger charge is 2.54. The summed E-state index contributed by atoms with van der Waals surface area (Å²) >= 11 is 0. The first-order valence-electron chi connectivity index (χ1n) is 6.21. The van der Waals surface area contributed by atoms with E-state index in [0.29, 0.717) is 0 Å². The maximum Gasteiger partial charge on any atom is 0.322 e. The average molecular weight is 250 g/mol. The molecule has 1 aromatic carbocycles. The lowest BCUT2D eigenvalue weighted by molar-refractivity contribution is -0.153. The van der Waals surface area contributed by atoms with Crippen LogP contribution in [0.3, 0.4) is 0 Å². The first-order chi connectivity index (χ1) is 9.27. The van der Waals surface area contributed by atoms with Crippen molar-refractivity contribution in [3.8, 4) is 0 Å². The molecule has 1 saturated heterocycles. The minimum atomic E-state index is -0.471. The molecular weight excluding hydrogens is 240 g/mol. The topological polar surface area (TPSA) is 43.4 Å². The SMILES string of the molecule is O=C1OC(=O)[C@H]2C3=CC=CC3=C(c3ccccc3)[C@@H]12. The van der Waals surface area contributed by atoms with Crippen LogP contribution in [0.1, 0.15) is 5.56 Å². The quantitative estimate of drug-likeness (QED) is 0.567. The molecule has 0 aromatic heterocycles. The van der Waals surface area contributed by atoms with Crippen LogP contribution in [0, 0.1) is 11.8 Å². The van der Waals surface area contributed by atoms with Gasteiger partial charge in [-0.25, -0.2) is 0 Å². The van der Waals surface area contributed by atoms with Crippen LogP contribution in [-0.2, 0) is 14.3 Å². The number of carbonyl (C=O) groups excluding carboxylic acids is 2. The molecule has 3 nitrogen and oxygen atoms in total. The first-order valence-corrected chi connectivity index (χ1v) is 6.21. The van der Waals surface area contributed by atoms with Crippen molar-refractivity contribution in [1.29, 1.82) is 0 Å². The molecule has 0 spiro atoms. The van der Waals surface area contributed by atoms with Crippen LogP contribution >= 0.6 is 0 Å². The van der Waals surface area contributed by atoms with Gasteiger partial charge >= 0.3 is 11.9 Å². The zero-order chi connectivity index (χ0) is 13.0. The highest BCUT2D eigenvalue weighted by atomic mass is 16.6. The third kappa shape index (κ3) is 1.27. The predicted octanol–water partition coefficient (Wildman–Crippen LogP) is 2.27. The van der Waals surface area contributed by atoms with Crippen LogP contribution in [0.2, 0.25) is 0 Å². The molecule has 0 saturated carbocycles. The minimum absolute atomic E-state index is 0.423. The molecule has 0 radical (unpaired) electrons. The Morgan fingerprint density at radius 1 is 0.947 bits per heavy atom. The Hall–Kier alpha value is -2.42. The molecular formula is C16H10O3. The fraction of sp³-hybridized carbons (Fsp3) is 0.125. The second-order valence-corrected chi connectivity index (χ2v) is 4.87. The van der Waals surface area contributed by atoms with E-state index in [1.54, 1.807) is 0 Å². The fourth-order valence-electron chi connectivity index (χ4n) is 3.16. The number of hydrogen-bond acceptors (Lipinski definition) is 3. The van der Waals surface area contributed by atoms with Crippen molar-refractivity contribution < 1.29 is 14.3 Å². The van der Waals surface area contributed by atoms with E-state index in [1.807, 2.05) is 48.6 Å². The van der Waals surface area contributed by atoms with Crippen molar-refractivity contribution in [3.63, 3.8) is 0 Å². The molecule has 0 unspecified atom stereocenters. The van der Waals surface area contributed by atoms with Crippen molar-refractivity contribution in [2.24, 2.45) is 11.8 Å². The molecule has 1 aromatic rings. The number of benzene rings is 1. The van der Waals surface area contributed by atoms with Crippen LogP contribution < -0.4 is 0 Å². The Labute approximate surface area is 109 Å². The van der Waals surface area contributed by atoms with Gasteiger partial charge in [0, 0.05) is 0 Å². The zero-order valence-electron chi connectivity index (χ0n) is 10.00. The second-order valence-electron chi connectivity index (χ2n) is 4.87. The Bertz CT molecular complexity index is 692.